The van der Waals surface area contributed by atoms with Crippen LogP contribution < -0.4 is 16.0 Å². The lowest BCUT2D eigenvalue weighted by Gasteiger charge is -2.12. The van der Waals surface area contributed by atoms with Crippen LogP contribution in [0.25, 0.3) is 0 Å². The summed E-state index contributed by atoms with van der Waals surface area (Å²) in [5.74, 6) is 0.796. The molecule has 0 atom stereocenters. The van der Waals surface area contributed by atoms with Gasteiger partial charge in [0, 0.05) is 24.5 Å². The van der Waals surface area contributed by atoms with Crippen molar-refractivity contribution in [3.63, 3.8) is 0 Å². The van der Waals surface area contributed by atoms with Crippen molar-refractivity contribution in [1.29, 1.82) is 0 Å². The van der Waals surface area contributed by atoms with Crippen LogP contribution in [-0.2, 0) is 6.54 Å². The molecule has 0 fully saturated rings. The Morgan fingerprint density at radius 1 is 1.19 bits per heavy atom. The van der Waals surface area contributed by atoms with Crippen molar-refractivity contribution < 1.29 is 4.79 Å². The van der Waals surface area contributed by atoms with Crippen LogP contribution in [0.5, 0.6) is 0 Å². The number of thioether (sulfide) groups is 1. The molecule has 3 N–H and O–H groups in total. The van der Waals surface area contributed by atoms with E-state index in [1.54, 1.807) is 11.8 Å². The van der Waals surface area contributed by atoms with Crippen LogP contribution in [0.4, 0.5) is 0 Å². The van der Waals surface area contributed by atoms with Crippen molar-refractivity contribution in [3.05, 3.63) is 51.7 Å². The molecule has 0 saturated heterocycles. The third-order valence-corrected chi connectivity index (χ3v) is 5.56. The van der Waals surface area contributed by atoms with E-state index in [0.717, 1.165) is 30.3 Å². The molecular weight excluding hydrogens is 376 g/mol. The zero-order valence-electron chi connectivity index (χ0n) is 16.2. The quantitative estimate of drug-likeness (QED) is 0.258. The van der Waals surface area contributed by atoms with Crippen LogP contribution in [0.2, 0.25) is 0 Å². The normalized spacial score (nSPS) is 11.3. The van der Waals surface area contributed by atoms with Crippen LogP contribution in [0.3, 0.4) is 0 Å². The van der Waals surface area contributed by atoms with Crippen molar-refractivity contribution in [3.8, 4) is 0 Å². The van der Waals surface area contributed by atoms with Gasteiger partial charge in [0.2, 0.25) is 0 Å². The van der Waals surface area contributed by atoms with Gasteiger partial charge < -0.3 is 16.0 Å². The van der Waals surface area contributed by atoms with E-state index in [1.807, 2.05) is 17.5 Å². The van der Waals surface area contributed by atoms with E-state index in [9.17, 15) is 4.79 Å². The van der Waals surface area contributed by atoms with Crippen molar-refractivity contribution in [1.82, 2.24) is 16.0 Å². The van der Waals surface area contributed by atoms with Gasteiger partial charge in [-0.15, -0.1) is 23.1 Å². The molecule has 1 heterocycles. The first-order chi connectivity index (χ1) is 13.1. The maximum Gasteiger partial charge on any atom is 0.261 e. The fourth-order valence-electron chi connectivity index (χ4n) is 2.48. The Kier molecular flexibility index (Phi) is 9.21. The summed E-state index contributed by atoms with van der Waals surface area (Å²) in [6.45, 7) is 7.00. The van der Waals surface area contributed by atoms with Crippen molar-refractivity contribution in [2.45, 2.75) is 31.7 Å². The molecule has 0 bridgehead atoms. The molecule has 2 rings (SSSR count). The Hall–Kier alpha value is -1.99. The molecular formula is C20H28N4OS2. The summed E-state index contributed by atoms with van der Waals surface area (Å²) in [6, 6.07) is 10.2. The smallest absolute Gasteiger partial charge is 0.261 e. The van der Waals surface area contributed by atoms with Gasteiger partial charge in [0.05, 0.1) is 11.4 Å². The first kappa shape index (κ1) is 21.3. The van der Waals surface area contributed by atoms with Crippen LogP contribution in [-0.4, -0.2) is 37.8 Å². The van der Waals surface area contributed by atoms with Gasteiger partial charge in [0.25, 0.3) is 5.91 Å². The molecule has 0 radical (unpaired) electrons. The number of benzene rings is 1. The lowest BCUT2D eigenvalue weighted by atomic mass is 10.1. The van der Waals surface area contributed by atoms with Gasteiger partial charge in [0.15, 0.2) is 5.96 Å². The molecule has 1 aromatic heterocycles. The number of nitrogens with one attached hydrogen (secondary N) is 3. The predicted molar refractivity (Wildman–Crippen MR) is 117 cm³/mol. The SMILES string of the molecule is CCNC(=NCc1ccc(C)cc1SC)NCCCNC(=O)c1cccs1. The van der Waals surface area contributed by atoms with Crippen LogP contribution in [0, 0.1) is 6.92 Å². The number of carbonyl (C=O) groups is 1. The number of thiophene rings is 1. The van der Waals surface area contributed by atoms with Crippen LogP contribution in [0.1, 0.15) is 34.1 Å². The largest absolute Gasteiger partial charge is 0.357 e. The molecule has 27 heavy (non-hydrogen) atoms. The fourth-order valence-corrected chi connectivity index (χ4v) is 3.82. The van der Waals surface area contributed by atoms with Gasteiger partial charge in [-0.25, -0.2) is 4.99 Å². The van der Waals surface area contributed by atoms with Crippen LogP contribution >= 0.6 is 23.1 Å². The molecule has 0 spiro atoms. The minimum atomic E-state index is -0.00506. The molecule has 7 heteroatoms. The third-order valence-electron chi connectivity index (χ3n) is 3.87. The van der Waals surface area contributed by atoms with Gasteiger partial charge in [-0.2, -0.15) is 0 Å². The Labute approximate surface area is 170 Å². The minimum absolute atomic E-state index is 0.00506. The van der Waals surface area contributed by atoms with Crippen molar-refractivity contribution in [2.24, 2.45) is 4.99 Å². The number of rotatable bonds is 9. The summed E-state index contributed by atoms with van der Waals surface area (Å²) >= 11 is 3.21. The zero-order valence-corrected chi connectivity index (χ0v) is 17.8. The number of hydrogen-bond donors (Lipinski definition) is 3. The van der Waals surface area contributed by atoms with E-state index < -0.39 is 0 Å². The molecule has 0 aliphatic rings. The molecule has 0 aliphatic heterocycles. The van der Waals surface area contributed by atoms with Gasteiger partial charge in [-0.05, 0) is 55.2 Å². The van der Waals surface area contributed by atoms with Crippen molar-refractivity contribution >= 4 is 35.0 Å². The first-order valence-corrected chi connectivity index (χ1v) is 11.2. The summed E-state index contributed by atoms with van der Waals surface area (Å²) in [6.07, 6.45) is 2.93. The summed E-state index contributed by atoms with van der Waals surface area (Å²) < 4.78 is 0. The van der Waals surface area contributed by atoms with Gasteiger partial charge in [-0.3, -0.25) is 4.79 Å². The highest BCUT2D eigenvalue weighted by Gasteiger charge is 2.05. The highest BCUT2D eigenvalue weighted by molar-refractivity contribution is 7.98. The maximum atomic E-state index is 11.9. The van der Waals surface area contributed by atoms with Crippen LogP contribution in [0.15, 0.2) is 45.6 Å². The lowest BCUT2D eigenvalue weighted by molar-refractivity contribution is 0.0957. The number of carbonyl (C=O) groups excluding carboxylic acids is 1. The Morgan fingerprint density at radius 3 is 2.70 bits per heavy atom. The molecule has 1 amide bonds. The number of guanidine groups is 1. The summed E-state index contributed by atoms with van der Waals surface area (Å²) in [5, 5.41) is 11.4. The number of hydrogen-bond acceptors (Lipinski definition) is 4. The third kappa shape index (κ3) is 7.27. The highest BCUT2D eigenvalue weighted by atomic mass is 32.2. The Morgan fingerprint density at radius 2 is 2.00 bits per heavy atom. The standard InChI is InChI=1S/C20H28N4OS2/c1-4-21-20(24-14-16-9-8-15(2)13-18(16)26-3)23-11-6-10-22-19(25)17-7-5-12-27-17/h5,7-9,12-13H,4,6,10-11,14H2,1-3H3,(H,22,25)(H2,21,23,24). The summed E-state index contributed by atoms with van der Waals surface area (Å²) in [5.41, 5.74) is 2.50. The second-order valence-corrected chi connectivity index (χ2v) is 7.82. The molecule has 0 aliphatic carbocycles. The van der Waals surface area contributed by atoms with E-state index in [0.29, 0.717) is 13.1 Å². The number of nitrogens with zero attached hydrogens (tertiary/aromatic N) is 1. The molecule has 0 unspecified atom stereocenters. The number of amides is 1. The monoisotopic (exact) mass is 404 g/mol. The molecule has 1 aromatic carbocycles. The van der Waals surface area contributed by atoms with E-state index >= 15 is 0 Å². The topological polar surface area (TPSA) is 65.5 Å². The molecule has 5 nitrogen and oxygen atoms in total. The molecule has 146 valence electrons. The van der Waals surface area contributed by atoms with Gasteiger partial charge >= 0.3 is 0 Å². The van der Waals surface area contributed by atoms with Gasteiger partial charge in [0.1, 0.15) is 0 Å². The summed E-state index contributed by atoms with van der Waals surface area (Å²) in [7, 11) is 0. The maximum absolute atomic E-state index is 11.9. The van der Waals surface area contributed by atoms with Gasteiger partial charge in [-0.1, -0.05) is 18.2 Å². The average molecular weight is 405 g/mol. The van der Waals surface area contributed by atoms with E-state index in [4.69, 9.17) is 4.99 Å². The Balaban J connectivity index is 1.79. The molecule has 0 saturated carbocycles. The number of aryl methyl sites for hydroxylation is 1. The average Bonchev–Trinajstić information content (AvgIpc) is 3.21. The minimum Gasteiger partial charge on any atom is -0.357 e. The zero-order chi connectivity index (χ0) is 19.5. The van der Waals surface area contributed by atoms with E-state index in [-0.39, 0.29) is 5.91 Å². The van der Waals surface area contributed by atoms with E-state index in [1.165, 1.54) is 27.4 Å². The fraction of sp³-hybridized carbons (Fsp3) is 0.400. The predicted octanol–water partition coefficient (Wildman–Crippen LogP) is 3.65. The second-order valence-electron chi connectivity index (χ2n) is 6.02. The Bertz CT molecular complexity index is 744. The lowest BCUT2D eigenvalue weighted by Crippen LogP contribution is -2.38. The summed E-state index contributed by atoms with van der Waals surface area (Å²) in [4.78, 5) is 18.6. The van der Waals surface area contributed by atoms with Crippen molar-refractivity contribution in [2.75, 3.05) is 25.9 Å². The molecule has 2 aromatic rings. The first-order valence-electron chi connectivity index (χ1n) is 9.11. The highest BCUT2D eigenvalue weighted by Crippen LogP contribution is 2.22. The van der Waals surface area contributed by atoms with E-state index in [2.05, 4.69) is 54.3 Å². The second kappa shape index (κ2) is 11.7. The number of aliphatic imine (C=N–C) groups is 1.